The van der Waals surface area contributed by atoms with Crippen LogP contribution < -0.4 is 14.8 Å². The van der Waals surface area contributed by atoms with Gasteiger partial charge in [0.15, 0.2) is 0 Å². The number of carbonyl (C=O) groups excluding carboxylic acids is 1. The third kappa shape index (κ3) is 3.37. The molecule has 1 aromatic rings. The maximum Gasteiger partial charge on any atom is 0.259 e. The standard InChI is InChI=1S/C13H19NO4/c1-9(8-16-2)14-13(15)12-10(17-3)6-5-7-11(12)18-4/h5-7,9H,8H2,1-4H3,(H,14,15). The molecule has 0 fully saturated rings. The van der Waals surface area contributed by atoms with Gasteiger partial charge in [-0.1, -0.05) is 6.07 Å². The van der Waals surface area contributed by atoms with Gasteiger partial charge in [-0.2, -0.15) is 0 Å². The summed E-state index contributed by atoms with van der Waals surface area (Å²) >= 11 is 0. The molecule has 1 amide bonds. The van der Waals surface area contributed by atoms with Gasteiger partial charge in [0.1, 0.15) is 17.1 Å². The summed E-state index contributed by atoms with van der Waals surface area (Å²) in [6.07, 6.45) is 0. The first-order valence-electron chi connectivity index (χ1n) is 5.64. The Morgan fingerprint density at radius 1 is 1.22 bits per heavy atom. The molecule has 1 atom stereocenters. The van der Waals surface area contributed by atoms with E-state index in [1.807, 2.05) is 6.92 Å². The van der Waals surface area contributed by atoms with Gasteiger partial charge in [-0.05, 0) is 19.1 Å². The molecule has 100 valence electrons. The van der Waals surface area contributed by atoms with Crippen molar-refractivity contribution < 1.29 is 19.0 Å². The van der Waals surface area contributed by atoms with Crippen molar-refractivity contribution in [1.29, 1.82) is 0 Å². The van der Waals surface area contributed by atoms with Crippen molar-refractivity contribution in [3.63, 3.8) is 0 Å². The zero-order valence-electron chi connectivity index (χ0n) is 11.1. The van der Waals surface area contributed by atoms with Crippen LogP contribution in [0.1, 0.15) is 17.3 Å². The zero-order chi connectivity index (χ0) is 13.5. The van der Waals surface area contributed by atoms with E-state index in [-0.39, 0.29) is 11.9 Å². The van der Waals surface area contributed by atoms with Crippen molar-refractivity contribution in [2.45, 2.75) is 13.0 Å². The molecule has 1 rings (SSSR count). The number of rotatable bonds is 6. The second kappa shape index (κ2) is 6.86. The Morgan fingerprint density at radius 2 is 1.78 bits per heavy atom. The van der Waals surface area contributed by atoms with E-state index >= 15 is 0 Å². The van der Waals surface area contributed by atoms with Crippen LogP contribution in [0.15, 0.2) is 18.2 Å². The summed E-state index contributed by atoms with van der Waals surface area (Å²) < 4.78 is 15.3. The predicted molar refractivity (Wildman–Crippen MR) is 68.4 cm³/mol. The van der Waals surface area contributed by atoms with Gasteiger partial charge in [0.25, 0.3) is 5.91 Å². The van der Waals surface area contributed by atoms with Crippen molar-refractivity contribution in [3.05, 3.63) is 23.8 Å². The van der Waals surface area contributed by atoms with Gasteiger partial charge in [-0.15, -0.1) is 0 Å². The van der Waals surface area contributed by atoms with E-state index in [4.69, 9.17) is 14.2 Å². The molecule has 0 aliphatic rings. The van der Waals surface area contributed by atoms with E-state index in [2.05, 4.69) is 5.32 Å². The van der Waals surface area contributed by atoms with Crippen LogP contribution in [0.2, 0.25) is 0 Å². The van der Waals surface area contributed by atoms with Gasteiger partial charge in [-0.25, -0.2) is 0 Å². The van der Waals surface area contributed by atoms with E-state index in [0.717, 1.165) is 0 Å². The summed E-state index contributed by atoms with van der Waals surface area (Å²) in [6, 6.07) is 5.13. The monoisotopic (exact) mass is 253 g/mol. The second-order valence-corrected chi connectivity index (χ2v) is 3.87. The first-order chi connectivity index (χ1) is 8.63. The summed E-state index contributed by atoms with van der Waals surface area (Å²) in [5, 5.41) is 2.82. The summed E-state index contributed by atoms with van der Waals surface area (Å²) in [4.78, 5) is 12.2. The van der Waals surface area contributed by atoms with E-state index in [1.165, 1.54) is 14.2 Å². The quantitative estimate of drug-likeness (QED) is 0.834. The number of benzene rings is 1. The Labute approximate surface area is 107 Å². The van der Waals surface area contributed by atoms with Crippen LogP contribution in [0.25, 0.3) is 0 Å². The van der Waals surface area contributed by atoms with Crippen molar-refractivity contribution in [1.82, 2.24) is 5.32 Å². The van der Waals surface area contributed by atoms with Crippen LogP contribution in [0, 0.1) is 0 Å². The molecule has 0 aromatic heterocycles. The van der Waals surface area contributed by atoms with Crippen molar-refractivity contribution in [3.8, 4) is 11.5 Å². The summed E-state index contributed by atoms with van der Waals surface area (Å²) in [7, 11) is 4.63. The lowest BCUT2D eigenvalue weighted by Gasteiger charge is -2.16. The van der Waals surface area contributed by atoms with Gasteiger partial charge in [0.05, 0.1) is 20.8 Å². The summed E-state index contributed by atoms with van der Waals surface area (Å²) in [6.45, 7) is 2.31. The topological polar surface area (TPSA) is 56.8 Å². The first kappa shape index (κ1) is 14.3. The Hall–Kier alpha value is -1.75. The third-order valence-corrected chi connectivity index (χ3v) is 2.45. The fourth-order valence-electron chi connectivity index (χ4n) is 1.66. The Kier molecular flexibility index (Phi) is 5.45. The van der Waals surface area contributed by atoms with Crippen LogP contribution in [0.3, 0.4) is 0 Å². The molecule has 0 heterocycles. The molecule has 0 radical (unpaired) electrons. The minimum atomic E-state index is -0.242. The van der Waals surface area contributed by atoms with Crippen LogP contribution in [0.4, 0.5) is 0 Å². The molecule has 0 aliphatic carbocycles. The number of amides is 1. The number of hydrogen-bond acceptors (Lipinski definition) is 4. The van der Waals surface area contributed by atoms with E-state index in [9.17, 15) is 4.79 Å². The third-order valence-electron chi connectivity index (χ3n) is 2.45. The van der Waals surface area contributed by atoms with E-state index < -0.39 is 0 Å². The highest BCUT2D eigenvalue weighted by atomic mass is 16.5. The molecule has 0 spiro atoms. The highest BCUT2D eigenvalue weighted by Gasteiger charge is 2.19. The summed E-state index contributed by atoms with van der Waals surface area (Å²) in [5.41, 5.74) is 0.394. The Morgan fingerprint density at radius 3 is 2.22 bits per heavy atom. The maximum atomic E-state index is 12.2. The number of carbonyl (C=O) groups is 1. The molecule has 0 aliphatic heterocycles. The number of methoxy groups -OCH3 is 3. The maximum absolute atomic E-state index is 12.2. The molecule has 1 aromatic carbocycles. The number of hydrogen-bond donors (Lipinski definition) is 1. The minimum absolute atomic E-state index is 0.0860. The predicted octanol–water partition coefficient (Wildman–Crippen LogP) is 1.47. The lowest BCUT2D eigenvalue weighted by atomic mass is 10.1. The van der Waals surface area contributed by atoms with E-state index in [1.54, 1.807) is 25.3 Å². The number of ether oxygens (including phenoxy) is 3. The summed E-state index contributed by atoms with van der Waals surface area (Å²) in [5.74, 6) is 0.724. The van der Waals surface area contributed by atoms with Gasteiger partial charge in [0.2, 0.25) is 0 Å². The largest absolute Gasteiger partial charge is 0.496 e. The van der Waals surface area contributed by atoms with Crippen LogP contribution in [0.5, 0.6) is 11.5 Å². The molecule has 5 nitrogen and oxygen atoms in total. The average molecular weight is 253 g/mol. The highest BCUT2D eigenvalue weighted by Crippen LogP contribution is 2.27. The molecule has 0 bridgehead atoms. The molecule has 0 saturated heterocycles. The SMILES string of the molecule is COCC(C)NC(=O)c1c(OC)cccc1OC. The van der Waals surface area contributed by atoms with Gasteiger partial charge in [-0.3, -0.25) is 4.79 Å². The van der Waals surface area contributed by atoms with E-state index in [0.29, 0.717) is 23.7 Å². The highest BCUT2D eigenvalue weighted by molar-refractivity contribution is 5.99. The molecule has 5 heteroatoms. The molecule has 0 saturated carbocycles. The van der Waals surface area contributed by atoms with Crippen LogP contribution >= 0.6 is 0 Å². The van der Waals surface area contributed by atoms with Gasteiger partial charge in [0, 0.05) is 13.2 Å². The lowest BCUT2D eigenvalue weighted by Crippen LogP contribution is -2.36. The molecule has 18 heavy (non-hydrogen) atoms. The smallest absolute Gasteiger partial charge is 0.259 e. The minimum Gasteiger partial charge on any atom is -0.496 e. The van der Waals surface area contributed by atoms with Crippen molar-refractivity contribution >= 4 is 5.91 Å². The fraction of sp³-hybridized carbons (Fsp3) is 0.462. The van der Waals surface area contributed by atoms with Crippen molar-refractivity contribution in [2.24, 2.45) is 0 Å². The lowest BCUT2D eigenvalue weighted by molar-refractivity contribution is 0.0899. The van der Waals surface area contributed by atoms with Crippen LogP contribution in [-0.2, 0) is 4.74 Å². The second-order valence-electron chi connectivity index (χ2n) is 3.87. The number of nitrogens with one attached hydrogen (secondary N) is 1. The van der Waals surface area contributed by atoms with Gasteiger partial charge >= 0.3 is 0 Å². The van der Waals surface area contributed by atoms with Crippen LogP contribution in [-0.4, -0.2) is 39.9 Å². The average Bonchev–Trinajstić information content (AvgIpc) is 2.37. The first-order valence-corrected chi connectivity index (χ1v) is 5.64. The molecule has 1 unspecified atom stereocenters. The van der Waals surface area contributed by atoms with Gasteiger partial charge < -0.3 is 19.5 Å². The Bertz CT molecular complexity index is 384. The molecular weight excluding hydrogens is 234 g/mol. The zero-order valence-corrected chi connectivity index (χ0v) is 11.1. The molecule has 1 N–H and O–H groups in total. The fourth-order valence-corrected chi connectivity index (χ4v) is 1.66. The molecular formula is C13H19NO4. The Balaban J connectivity index is 2.96. The normalized spacial score (nSPS) is 11.8. The van der Waals surface area contributed by atoms with Crippen molar-refractivity contribution in [2.75, 3.05) is 27.9 Å².